The van der Waals surface area contributed by atoms with E-state index in [0.29, 0.717) is 13.0 Å². The van der Waals surface area contributed by atoms with Gasteiger partial charge in [0.2, 0.25) is 0 Å². The summed E-state index contributed by atoms with van der Waals surface area (Å²) >= 11 is 0. The quantitative estimate of drug-likeness (QED) is 0.850. The first-order valence-electron chi connectivity index (χ1n) is 5.54. The third kappa shape index (κ3) is 3.72. The van der Waals surface area contributed by atoms with Crippen molar-refractivity contribution in [1.29, 1.82) is 0 Å². The summed E-state index contributed by atoms with van der Waals surface area (Å²) in [5, 5.41) is 3.09. The van der Waals surface area contributed by atoms with E-state index in [1.54, 1.807) is 12.4 Å². The van der Waals surface area contributed by atoms with Crippen LogP contribution in [0.15, 0.2) is 54.9 Å². The standard InChI is InChI=1S/C14H14N2O/c17-14(9-12-5-4-8-15-10-12)11-16-13-6-2-1-3-7-13/h1-8,10,16H,9,11H2. The molecule has 17 heavy (non-hydrogen) atoms. The van der Waals surface area contributed by atoms with E-state index in [1.165, 1.54) is 0 Å². The van der Waals surface area contributed by atoms with Gasteiger partial charge in [0, 0.05) is 24.5 Å². The summed E-state index contributed by atoms with van der Waals surface area (Å²) in [5.41, 5.74) is 1.92. The molecule has 2 rings (SSSR count). The molecule has 0 aliphatic heterocycles. The Kier molecular flexibility index (Phi) is 3.86. The normalized spacial score (nSPS) is 9.88. The van der Waals surface area contributed by atoms with Crippen molar-refractivity contribution in [3.8, 4) is 0 Å². The highest BCUT2D eigenvalue weighted by Crippen LogP contribution is 2.05. The number of anilines is 1. The summed E-state index contributed by atoms with van der Waals surface area (Å²) in [5.74, 6) is 0.154. The summed E-state index contributed by atoms with van der Waals surface area (Å²) in [7, 11) is 0. The number of hydrogen-bond acceptors (Lipinski definition) is 3. The molecule has 0 saturated carbocycles. The molecule has 0 bridgehead atoms. The fourth-order valence-corrected chi connectivity index (χ4v) is 1.55. The molecule has 0 fully saturated rings. The van der Waals surface area contributed by atoms with Crippen molar-refractivity contribution in [2.45, 2.75) is 6.42 Å². The van der Waals surface area contributed by atoms with Gasteiger partial charge in [-0.1, -0.05) is 24.3 Å². The molecule has 3 nitrogen and oxygen atoms in total. The number of carbonyl (C=O) groups is 1. The number of Topliss-reactive ketones (excluding diaryl/α,β-unsaturated/α-hetero) is 1. The third-order valence-corrected chi connectivity index (χ3v) is 2.39. The highest BCUT2D eigenvalue weighted by molar-refractivity contribution is 5.84. The second kappa shape index (κ2) is 5.80. The molecule has 1 aromatic carbocycles. The van der Waals surface area contributed by atoms with Crippen LogP contribution in [0.4, 0.5) is 5.69 Å². The van der Waals surface area contributed by atoms with E-state index in [4.69, 9.17) is 0 Å². The van der Waals surface area contributed by atoms with Gasteiger partial charge >= 0.3 is 0 Å². The Morgan fingerprint density at radius 2 is 1.94 bits per heavy atom. The fraction of sp³-hybridized carbons (Fsp3) is 0.143. The third-order valence-electron chi connectivity index (χ3n) is 2.39. The van der Waals surface area contributed by atoms with Crippen molar-refractivity contribution in [1.82, 2.24) is 4.98 Å². The van der Waals surface area contributed by atoms with Crippen LogP contribution in [0, 0.1) is 0 Å². The number of rotatable bonds is 5. The number of pyridine rings is 1. The van der Waals surface area contributed by atoms with E-state index in [-0.39, 0.29) is 5.78 Å². The summed E-state index contributed by atoms with van der Waals surface area (Å²) in [4.78, 5) is 15.7. The molecule has 86 valence electrons. The molecule has 1 aromatic heterocycles. The molecule has 1 heterocycles. The minimum absolute atomic E-state index is 0.154. The predicted molar refractivity (Wildman–Crippen MR) is 67.9 cm³/mol. The maximum Gasteiger partial charge on any atom is 0.156 e. The zero-order valence-electron chi connectivity index (χ0n) is 9.47. The van der Waals surface area contributed by atoms with Crippen LogP contribution in [0.1, 0.15) is 5.56 Å². The number of para-hydroxylation sites is 1. The number of carbonyl (C=O) groups excluding carboxylic acids is 1. The van der Waals surface area contributed by atoms with E-state index in [2.05, 4.69) is 10.3 Å². The molecule has 0 aliphatic carbocycles. The van der Waals surface area contributed by atoms with Gasteiger partial charge in [-0.2, -0.15) is 0 Å². The van der Waals surface area contributed by atoms with Crippen LogP contribution >= 0.6 is 0 Å². The Morgan fingerprint density at radius 1 is 1.12 bits per heavy atom. The number of nitrogens with one attached hydrogen (secondary N) is 1. The van der Waals surface area contributed by atoms with Crippen molar-refractivity contribution < 1.29 is 4.79 Å². The van der Waals surface area contributed by atoms with Crippen LogP contribution in [-0.2, 0) is 11.2 Å². The number of benzene rings is 1. The first-order chi connectivity index (χ1) is 8.34. The van der Waals surface area contributed by atoms with Gasteiger partial charge in [0.25, 0.3) is 0 Å². The van der Waals surface area contributed by atoms with E-state index in [9.17, 15) is 4.79 Å². The fourth-order valence-electron chi connectivity index (χ4n) is 1.55. The van der Waals surface area contributed by atoms with Crippen LogP contribution in [0.3, 0.4) is 0 Å². The summed E-state index contributed by atoms with van der Waals surface area (Å²) in [6.07, 6.45) is 3.85. The van der Waals surface area contributed by atoms with Gasteiger partial charge in [-0.25, -0.2) is 0 Å². The van der Waals surface area contributed by atoms with E-state index in [1.807, 2.05) is 42.5 Å². The summed E-state index contributed by atoms with van der Waals surface area (Å²) < 4.78 is 0. The number of nitrogens with zero attached hydrogens (tertiary/aromatic N) is 1. The highest BCUT2D eigenvalue weighted by atomic mass is 16.1. The van der Waals surface area contributed by atoms with Crippen LogP contribution in [0.25, 0.3) is 0 Å². The molecule has 2 aromatic rings. The van der Waals surface area contributed by atoms with Gasteiger partial charge in [-0.05, 0) is 23.8 Å². The Morgan fingerprint density at radius 3 is 2.65 bits per heavy atom. The molecular formula is C14H14N2O. The Hall–Kier alpha value is -2.16. The van der Waals surface area contributed by atoms with Crippen molar-refractivity contribution in [3.63, 3.8) is 0 Å². The largest absolute Gasteiger partial charge is 0.378 e. The minimum atomic E-state index is 0.154. The average molecular weight is 226 g/mol. The number of ketones is 1. The van der Waals surface area contributed by atoms with Crippen molar-refractivity contribution in [2.24, 2.45) is 0 Å². The van der Waals surface area contributed by atoms with Crippen LogP contribution in [-0.4, -0.2) is 17.3 Å². The lowest BCUT2D eigenvalue weighted by atomic mass is 10.1. The van der Waals surface area contributed by atoms with Crippen molar-refractivity contribution in [3.05, 3.63) is 60.4 Å². The number of hydrogen-bond donors (Lipinski definition) is 1. The Balaban J connectivity index is 1.83. The first kappa shape index (κ1) is 11.3. The second-order valence-electron chi connectivity index (χ2n) is 3.80. The maximum absolute atomic E-state index is 11.7. The zero-order valence-corrected chi connectivity index (χ0v) is 9.47. The molecule has 0 atom stereocenters. The van der Waals surface area contributed by atoms with Gasteiger partial charge in [-0.15, -0.1) is 0 Å². The van der Waals surface area contributed by atoms with Gasteiger partial charge in [0.1, 0.15) is 0 Å². The van der Waals surface area contributed by atoms with Gasteiger partial charge in [-0.3, -0.25) is 9.78 Å². The van der Waals surface area contributed by atoms with Crippen LogP contribution < -0.4 is 5.32 Å². The average Bonchev–Trinajstić information content (AvgIpc) is 2.39. The monoisotopic (exact) mass is 226 g/mol. The van der Waals surface area contributed by atoms with Crippen LogP contribution in [0.2, 0.25) is 0 Å². The molecular weight excluding hydrogens is 212 g/mol. The van der Waals surface area contributed by atoms with Crippen LogP contribution in [0.5, 0.6) is 0 Å². The van der Waals surface area contributed by atoms with Crippen molar-refractivity contribution in [2.75, 3.05) is 11.9 Å². The lowest BCUT2D eigenvalue weighted by Gasteiger charge is -2.05. The Bertz CT molecular complexity index is 468. The molecule has 0 radical (unpaired) electrons. The van der Waals surface area contributed by atoms with Gasteiger partial charge in [0.05, 0.1) is 6.54 Å². The van der Waals surface area contributed by atoms with E-state index < -0.39 is 0 Å². The van der Waals surface area contributed by atoms with E-state index >= 15 is 0 Å². The summed E-state index contributed by atoms with van der Waals surface area (Å²) in [6.45, 7) is 0.346. The Labute approximate surface area is 101 Å². The van der Waals surface area contributed by atoms with Gasteiger partial charge in [0.15, 0.2) is 5.78 Å². The number of aromatic nitrogens is 1. The SMILES string of the molecule is O=C(CNc1ccccc1)Cc1cccnc1. The molecule has 0 amide bonds. The van der Waals surface area contributed by atoms with Gasteiger partial charge < -0.3 is 5.32 Å². The maximum atomic E-state index is 11.7. The summed E-state index contributed by atoms with van der Waals surface area (Å²) in [6, 6.07) is 13.5. The smallest absolute Gasteiger partial charge is 0.156 e. The molecule has 1 N–H and O–H groups in total. The molecule has 0 aliphatic rings. The zero-order chi connectivity index (χ0) is 11.9. The molecule has 3 heteroatoms. The van der Waals surface area contributed by atoms with Crippen molar-refractivity contribution >= 4 is 11.5 Å². The second-order valence-corrected chi connectivity index (χ2v) is 3.80. The molecule has 0 spiro atoms. The predicted octanol–water partition coefficient (Wildman–Crippen LogP) is 2.31. The lowest BCUT2D eigenvalue weighted by molar-refractivity contribution is -0.116. The molecule has 0 saturated heterocycles. The van der Waals surface area contributed by atoms with E-state index in [0.717, 1.165) is 11.3 Å². The lowest BCUT2D eigenvalue weighted by Crippen LogP contribution is -2.15. The minimum Gasteiger partial charge on any atom is -0.378 e. The topological polar surface area (TPSA) is 42.0 Å². The first-order valence-corrected chi connectivity index (χ1v) is 5.54. The highest BCUT2D eigenvalue weighted by Gasteiger charge is 2.03. The molecule has 0 unspecified atom stereocenters.